The summed E-state index contributed by atoms with van der Waals surface area (Å²) >= 11 is 0. The lowest BCUT2D eigenvalue weighted by molar-refractivity contribution is -0.126. The van der Waals surface area contributed by atoms with Gasteiger partial charge in [-0.3, -0.25) is 19.2 Å². The van der Waals surface area contributed by atoms with Gasteiger partial charge in [0.05, 0.1) is 25.5 Å². The smallest absolute Gasteiger partial charge is 0.173 e. The van der Waals surface area contributed by atoms with Crippen molar-refractivity contribution in [1.29, 1.82) is 0 Å². The number of Topliss-reactive ketones (excluding diaryl/α,β-unsaturated/α-hetero) is 4. The highest BCUT2D eigenvalue weighted by atomic mass is 16.5. The molecule has 0 aromatic heterocycles. The molecule has 0 amide bonds. The molecule has 5 nitrogen and oxygen atoms in total. The van der Waals surface area contributed by atoms with Gasteiger partial charge in [-0.05, 0) is 18.2 Å². The van der Waals surface area contributed by atoms with Crippen LogP contribution in [0.3, 0.4) is 0 Å². The zero-order chi connectivity index (χ0) is 20.3. The third kappa shape index (κ3) is 5.61. The molecule has 0 saturated carbocycles. The van der Waals surface area contributed by atoms with Crippen LogP contribution in [0.4, 0.5) is 0 Å². The van der Waals surface area contributed by atoms with Gasteiger partial charge in [-0.25, -0.2) is 0 Å². The summed E-state index contributed by atoms with van der Waals surface area (Å²) in [6.07, 6.45) is -0.497. The molecule has 0 heterocycles. The minimum atomic E-state index is -0.630. The number of ketones is 4. The van der Waals surface area contributed by atoms with Crippen molar-refractivity contribution in [3.63, 3.8) is 0 Å². The summed E-state index contributed by atoms with van der Waals surface area (Å²) < 4.78 is 5.19. The van der Waals surface area contributed by atoms with E-state index in [0.717, 1.165) is 0 Å². The van der Waals surface area contributed by atoms with Crippen molar-refractivity contribution in [2.45, 2.75) is 54.4 Å². The van der Waals surface area contributed by atoms with Crippen LogP contribution < -0.4 is 4.74 Å². The van der Waals surface area contributed by atoms with E-state index in [9.17, 15) is 19.2 Å². The lowest BCUT2D eigenvalue weighted by Gasteiger charge is -2.17. The highest BCUT2D eigenvalue weighted by molar-refractivity contribution is 6.13. The van der Waals surface area contributed by atoms with E-state index in [-0.39, 0.29) is 41.3 Å². The van der Waals surface area contributed by atoms with Crippen LogP contribution in [0.5, 0.6) is 5.75 Å². The monoisotopic (exact) mass is 360 g/mol. The van der Waals surface area contributed by atoms with Crippen molar-refractivity contribution in [2.75, 3.05) is 7.11 Å². The summed E-state index contributed by atoms with van der Waals surface area (Å²) in [7, 11) is 1.42. The maximum absolute atomic E-state index is 12.6. The Balaban J connectivity index is 3.12. The van der Waals surface area contributed by atoms with Gasteiger partial charge in [0.2, 0.25) is 0 Å². The number of ether oxygens (including phenoxy) is 1. The first-order valence-electron chi connectivity index (χ1n) is 8.58. The minimum Gasteiger partial charge on any atom is -0.496 e. The molecule has 0 unspecified atom stereocenters. The molecule has 0 aliphatic rings. The maximum atomic E-state index is 12.6. The van der Waals surface area contributed by atoms with Crippen molar-refractivity contribution in [2.24, 2.45) is 10.8 Å². The molecule has 0 fully saturated rings. The topological polar surface area (TPSA) is 77.5 Å². The van der Waals surface area contributed by atoms with Gasteiger partial charge >= 0.3 is 0 Å². The van der Waals surface area contributed by atoms with Crippen LogP contribution in [-0.4, -0.2) is 30.2 Å². The third-order valence-corrected chi connectivity index (χ3v) is 4.14. The number of benzene rings is 1. The van der Waals surface area contributed by atoms with E-state index in [4.69, 9.17) is 4.74 Å². The Morgan fingerprint density at radius 1 is 0.808 bits per heavy atom. The molecular weight excluding hydrogens is 332 g/mol. The number of rotatable bonds is 7. The average Bonchev–Trinajstić information content (AvgIpc) is 2.52. The largest absolute Gasteiger partial charge is 0.496 e. The highest BCUT2D eigenvalue weighted by Gasteiger charge is 2.27. The molecule has 0 aliphatic heterocycles. The van der Waals surface area contributed by atoms with E-state index in [0.29, 0.717) is 5.75 Å². The second-order valence-electron chi connectivity index (χ2n) is 8.46. The average molecular weight is 360 g/mol. The van der Waals surface area contributed by atoms with Gasteiger partial charge in [0, 0.05) is 16.4 Å². The number of carbonyl (C=O) groups is 4. The first kappa shape index (κ1) is 21.7. The second-order valence-corrected chi connectivity index (χ2v) is 8.46. The Hall–Kier alpha value is -2.30. The normalized spacial score (nSPS) is 11.8. The molecule has 0 spiro atoms. The Morgan fingerprint density at radius 3 is 1.69 bits per heavy atom. The van der Waals surface area contributed by atoms with E-state index in [1.54, 1.807) is 41.5 Å². The molecule has 0 N–H and O–H groups in total. The van der Waals surface area contributed by atoms with Crippen molar-refractivity contribution in [3.05, 3.63) is 29.3 Å². The first-order valence-corrected chi connectivity index (χ1v) is 8.58. The van der Waals surface area contributed by atoms with Gasteiger partial charge in [-0.2, -0.15) is 0 Å². The lowest BCUT2D eigenvalue weighted by Crippen LogP contribution is -2.24. The van der Waals surface area contributed by atoms with Crippen molar-refractivity contribution in [3.8, 4) is 5.75 Å². The zero-order valence-corrected chi connectivity index (χ0v) is 16.7. The van der Waals surface area contributed by atoms with E-state index < -0.39 is 16.6 Å². The van der Waals surface area contributed by atoms with Gasteiger partial charge < -0.3 is 4.74 Å². The fraction of sp³-hybridized carbons (Fsp3) is 0.524. The van der Waals surface area contributed by atoms with Crippen LogP contribution in [0.15, 0.2) is 18.2 Å². The van der Waals surface area contributed by atoms with Crippen molar-refractivity contribution >= 4 is 23.1 Å². The molecule has 1 aromatic rings. The molecule has 5 heteroatoms. The molecule has 1 rings (SSSR count). The van der Waals surface area contributed by atoms with Gasteiger partial charge in [0.25, 0.3) is 0 Å². The van der Waals surface area contributed by atoms with Gasteiger partial charge in [-0.1, -0.05) is 41.5 Å². The Morgan fingerprint density at radius 2 is 1.27 bits per heavy atom. The van der Waals surface area contributed by atoms with Crippen LogP contribution in [-0.2, 0) is 9.59 Å². The molecule has 0 saturated heterocycles. The van der Waals surface area contributed by atoms with Gasteiger partial charge in [0.1, 0.15) is 17.3 Å². The van der Waals surface area contributed by atoms with Crippen LogP contribution in [0.2, 0.25) is 0 Å². The lowest BCUT2D eigenvalue weighted by atomic mass is 9.85. The SMILES string of the molecule is COc1ccc(C(=O)CC(=O)C(C)(C)C)cc1C(=O)CC(=O)C(C)(C)C. The summed E-state index contributed by atoms with van der Waals surface area (Å²) in [4.78, 5) is 49.2. The molecule has 142 valence electrons. The summed E-state index contributed by atoms with van der Waals surface area (Å²) in [6, 6.07) is 4.46. The second kappa shape index (κ2) is 7.94. The van der Waals surface area contributed by atoms with Crippen LogP contribution in [0.25, 0.3) is 0 Å². The Bertz CT molecular complexity index is 730. The van der Waals surface area contributed by atoms with Gasteiger partial charge in [0.15, 0.2) is 11.6 Å². The molecule has 1 aromatic carbocycles. The quantitative estimate of drug-likeness (QED) is 0.541. The summed E-state index contributed by atoms with van der Waals surface area (Å²) in [6.45, 7) is 10.5. The minimum absolute atomic E-state index is 0.172. The number of methoxy groups -OCH3 is 1. The number of hydrogen-bond donors (Lipinski definition) is 0. The summed E-state index contributed by atoms with van der Waals surface area (Å²) in [5.74, 6) is -0.823. The zero-order valence-electron chi connectivity index (χ0n) is 16.7. The van der Waals surface area contributed by atoms with Crippen LogP contribution >= 0.6 is 0 Å². The van der Waals surface area contributed by atoms with Crippen LogP contribution in [0.1, 0.15) is 75.1 Å². The highest BCUT2D eigenvalue weighted by Crippen LogP contribution is 2.26. The molecule has 0 aliphatic carbocycles. The molecule has 26 heavy (non-hydrogen) atoms. The Kier molecular flexibility index (Phi) is 6.64. The Labute approximate surface area is 155 Å². The fourth-order valence-corrected chi connectivity index (χ4v) is 2.12. The van der Waals surface area contributed by atoms with E-state index in [1.807, 2.05) is 0 Å². The fourth-order valence-electron chi connectivity index (χ4n) is 2.12. The molecule has 0 atom stereocenters. The molecule has 0 bridgehead atoms. The molecular formula is C21H28O5. The summed E-state index contributed by atoms with van der Waals surface area (Å²) in [5, 5.41) is 0. The van der Waals surface area contributed by atoms with Crippen molar-refractivity contribution < 1.29 is 23.9 Å². The summed E-state index contributed by atoms with van der Waals surface area (Å²) in [5.41, 5.74) is -0.802. The molecule has 0 radical (unpaired) electrons. The number of hydrogen-bond acceptors (Lipinski definition) is 5. The number of carbonyl (C=O) groups excluding carboxylic acids is 4. The van der Waals surface area contributed by atoms with Gasteiger partial charge in [-0.15, -0.1) is 0 Å². The van der Waals surface area contributed by atoms with Crippen LogP contribution in [0, 0.1) is 10.8 Å². The predicted molar refractivity (Wildman–Crippen MR) is 99.8 cm³/mol. The van der Waals surface area contributed by atoms with E-state index >= 15 is 0 Å². The van der Waals surface area contributed by atoms with E-state index in [1.165, 1.54) is 25.3 Å². The third-order valence-electron chi connectivity index (χ3n) is 4.14. The van der Waals surface area contributed by atoms with Crippen molar-refractivity contribution in [1.82, 2.24) is 0 Å². The standard InChI is InChI=1S/C21H28O5/c1-20(2,3)18(24)11-15(22)13-8-9-17(26-7)14(10-13)16(23)12-19(25)21(4,5)6/h8-10H,11-12H2,1-7H3. The first-order chi connectivity index (χ1) is 11.8. The predicted octanol–water partition coefficient (Wildman–Crippen LogP) is 4.07. The van der Waals surface area contributed by atoms with E-state index in [2.05, 4.69) is 0 Å². The maximum Gasteiger partial charge on any atom is 0.173 e.